The summed E-state index contributed by atoms with van der Waals surface area (Å²) in [4.78, 5) is 26.5. The smallest absolute Gasteiger partial charge is 0.288 e. The maximum atomic E-state index is 11.8. The normalized spacial score (nSPS) is 10.1. The lowest BCUT2D eigenvalue weighted by molar-refractivity contribution is -0.385. The van der Waals surface area contributed by atoms with Crippen molar-refractivity contribution in [2.75, 3.05) is 20.2 Å². The van der Waals surface area contributed by atoms with E-state index in [9.17, 15) is 14.9 Å². The summed E-state index contributed by atoms with van der Waals surface area (Å²) in [7, 11) is 1.45. The minimum absolute atomic E-state index is 0.0585. The first kappa shape index (κ1) is 13.3. The zero-order valence-electron chi connectivity index (χ0n) is 8.96. The van der Waals surface area contributed by atoms with E-state index in [-0.39, 0.29) is 29.6 Å². The van der Waals surface area contributed by atoms with Crippen molar-refractivity contribution in [3.63, 3.8) is 0 Å². The molecule has 1 aromatic rings. The molecule has 0 aliphatic rings. The van der Waals surface area contributed by atoms with Gasteiger partial charge in [-0.3, -0.25) is 14.9 Å². The van der Waals surface area contributed by atoms with E-state index in [2.05, 4.69) is 4.98 Å². The van der Waals surface area contributed by atoms with Crippen LogP contribution in [-0.4, -0.2) is 46.0 Å². The molecule has 0 fully saturated rings. The molecule has 0 radical (unpaired) electrons. The molecule has 1 N–H and O–H groups in total. The minimum atomic E-state index is -0.661. The molecule has 1 heterocycles. The first-order valence-corrected chi connectivity index (χ1v) is 5.01. The highest BCUT2D eigenvalue weighted by molar-refractivity contribution is 6.32. The monoisotopic (exact) mass is 259 g/mol. The van der Waals surface area contributed by atoms with E-state index in [0.717, 1.165) is 12.3 Å². The van der Waals surface area contributed by atoms with Crippen LogP contribution in [0.15, 0.2) is 12.3 Å². The highest BCUT2D eigenvalue weighted by Gasteiger charge is 2.19. The number of pyridine rings is 1. The number of nitro groups is 1. The standard InChI is InChI=1S/C9H10ClN3O4/c1-12(2-3-14)9(15)7-4-6(13(16)17)5-11-8(7)10/h4-5,14H,2-3H2,1H3. The van der Waals surface area contributed by atoms with Gasteiger partial charge in [-0.25, -0.2) is 4.98 Å². The van der Waals surface area contributed by atoms with Crippen molar-refractivity contribution in [2.24, 2.45) is 0 Å². The molecule has 1 amide bonds. The van der Waals surface area contributed by atoms with Gasteiger partial charge in [-0.15, -0.1) is 0 Å². The number of halogens is 1. The average Bonchev–Trinajstić information content (AvgIpc) is 2.28. The number of aliphatic hydroxyl groups excluding tert-OH is 1. The Bertz CT molecular complexity index is 452. The summed E-state index contributed by atoms with van der Waals surface area (Å²) in [6.07, 6.45) is 0.977. The van der Waals surface area contributed by atoms with Gasteiger partial charge < -0.3 is 10.0 Å². The lowest BCUT2D eigenvalue weighted by Gasteiger charge is -2.15. The van der Waals surface area contributed by atoms with Gasteiger partial charge in [0.25, 0.3) is 11.6 Å². The Balaban J connectivity index is 3.07. The lowest BCUT2D eigenvalue weighted by atomic mass is 10.2. The van der Waals surface area contributed by atoms with Crippen molar-refractivity contribution in [2.45, 2.75) is 0 Å². The highest BCUT2D eigenvalue weighted by Crippen LogP contribution is 2.20. The number of aromatic nitrogens is 1. The molecule has 0 aromatic carbocycles. The number of amides is 1. The quantitative estimate of drug-likeness (QED) is 0.488. The number of likely N-dealkylation sites (N-methyl/N-ethyl adjacent to an activating group) is 1. The summed E-state index contributed by atoms with van der Waals surface area (Å²) in [5, 5.41) is 19.1. The van der Waals surface area contributed by atoms with Gasteiger partial charge in [-0.2, -0.15) is 0 Å². The second-order valence-corrected chi connectivity index (χ2v) is 3.60. The van der Waals surface area contributed by atoms with Gasteiger partial charge in [0.1, 0.15) is 11.3 Å². The zero-order chi connectivity index (χ0) is 13.0. The molecule has 0 unspecified atom stereocenters. The van der Waals surface area contributed by atoms with Gasteiger partial charge in [0.15, 0.2) is 0 Å². The second kappa shape index (κ2) is 5.55. The molecule has 8 heteroatoms. The van der Waals surface area contributed by atoms with Gasteiger partial charge in [-0.05, 0) is 0 Å². The maximum absolute atomic E-state index is 11.8. The Kier molecular flexibility index (Phi) is 4.36. The Morgan fingerprint density at radius 1 is 1.71 bits per heavy atom. The van der Waals surface area contributed by atoms with Crippen LogP contribution in [0.5, 0.6) is 0 Å². The van der Waals surface area contributed by atoms with E-state index < -0.39 is 10.8 Å². The van der Waals surface area contributed by atoms with Crippen molar-refractivity contribution < 1.29 is 14.8 Å². The van der Waals surface area contributed by atoms with E-state index in [0.29, 0.717) is 0 Å². The molecule has 1 rings (SSSR count). The Morgan fingerprint density at radius 3 is 2.88 bits per heavy atom. The third kappa shape index (κ3) is 3.11. The first-order chi connectivity index (χ1) is 7.97. The third-order valence-electron chi connectivity index (χ3n) is 2.05. The topological polar surface area (TPSA) is 96.6 Å². The SMILES string of the molecule is CN(CCO)C(=O)c1cc([N+](=O)[O-])cnc1Cl. The van der Waals surface area contributed by atoms with Crippen LogP contribution in [0, 0.1) is 10.1 Å². The molecule has 7 nitrogen and oxygen atoms in total. The summed E-state index contributed by atoms with van der Waals surface area (Å²) in [6, 6.07) is 1.06. The van der Waals surface area contributed by atoms with E-state index in [1.54, 1.807) is 0 Å². The molecule has 0 bridgehead atoms. The number of hydrogen-bond acceptors (Lipinski definition) is 5. The molecule has 17 heavy (non-hydrogen) atoms. The number of rotatable bonds is 4. The summed E-state index contributed by atoms with van der Waals surface area (Å²) in [5.74, 6) is -0.528. The molecule has 0 aliphatic heterocycles. The first-order valence-electron chi connectivity index (χ1n) is 4.63. The van der Waals surface area contributed by atoms with Crippen LogP contribution in [0.4, 0.5) is 5.69 Å². The largest absolute Gasteiger partial charge is 0.395 e. The number of carbonyl (C=O) groups excluding carboxylic acids is 1. The predicted molar refractivity (Wildman–Crippen MR) is 59.9 cm³/mol. The second-order valence-electron chi connectivity index (χ2n) is 3.24. The number of hydrogen-bond donors (Lipinski definition) is 1. The molecule has 0 spiro atoms. The van der Waals surface area contributed by atoms with Gasteiger partial charge >= 0.3 is 0 Å². The van der Waals surface area contributed by atoms with E-state index in [1.165, 1.54) is 11.9 Å². The van der Waals surface area contributed by atoms with Crippen LogP contribution in [0.25, 0.3) is 0 Å². The fourth-order valence-electron chi connectivity index (χ4n) is 1.14. The van der Waals surface area contributed by atoms with Crippen molar-refractivity contribution in [3.8, 4) is 0 Å². The Morgan fingerprint density at radius 2 is 2.35 bits per heavy atom. The molecule has 1 aromatic heterocycles. The van der Waals surface area contributed by atoms with Crippen LogP contribution in [0.2, 0.25) is 5.15 Å². The highest BCUT2D eigenvalue weighted by atomic mass is 35.5. The summed E-state index contributed by atoms with van der Waals surface area (Å²) in [5.41, 5.74) is -0.369. The van der Waals surface area contributed by atoms with Crippen LogP contribution >= 0.6 is 11.6 Å². The van der Waals surface area contributed by atoms with Crippen molar-refractivity contribution >= 4 is 23.2 Å². The third-order valence-corrected chi connectivity index (χ3v) is 2.35. The molecule has 0 atom stereocenters. The van der Waals surface area contributed by atoms with Gasteiger partial charge in [0.05, 0.1) is 17.1 Å². The molecular weight excluding hydrogens is 250 g/mol. The average molecular weight is 260 g/mol. The summed E-state index contributed by atoms with van der Waals surface area (Å²) >= 11 is 5.70. The predicted octanol–water partition coefficient (Wildman–Crippen LogP) is 0.707. The minimum Gasteiger partial charge on any atom is -0.395 e. The van der Waals surface area contributed by atoms with Crippen molar-refractivity contribution in [3.05, 3.63) is 33.1 Å². The summed E-state index contributed by atoms with van der Waals surface area (Å²) < 4.78 is 0. The number of aliphatic hydroxyl groups is 1. The van der Waals surface area contributed by atoms with Crippen LogP contribution < -0.4 is 0 Å². The molecular formula is C9H10ClN3O4. The van der Waals surface area contributed by atoms with E-state index in [4.69, 9.17) is 16.7 Å². The Hall–Kier alpha value is -1.73. The fraction of sp³-hybridized carbons (Fsp3) is 0.333. The van der Waals surface area contributed by atoms with E-state index >= 15 is 0 Å². The number of nitrogens with zero attached hydrogens (tertiary/aromatic N) is 3. The zero-order valence-corrected chi connectivity index (χ0v) is 9.72. The number of carbonyl (C=O) groups is 1. The molecule has 92 valence electrons. The van der Waals surface area contributed by atoms with Gasteiger partial charge in [-0.1, -0.05) is 11.6 Å². The Labute approximate surface area is 102 Å². The fourth-order valence-corrected chi connectivity index (χ4v) is 1.33. The lowest BCUT2D eigenvalue weighted by Crippen LogP contribution is -2.29. The van der Waals surface area contributed by atoms with Gasteiger partial charge in [0.2, 0.25) is 0 Å². The maximum Gasteiger partial charge on any atom is 0.288 e. The van der Waals surface area contributed by atoms with Crippen molar-refractivity contribution in [1.29, 1.82) is 0 Å². The van der Waals surface area contributed by atoms with Crippen LogP contribution in [0.1, 0.15) is 10.4 Å². The molecule has 0 saturated heterocycles. The molecule has 0 aliphatic carbocycles. The summed E-state index contributed by atoms with van der Waals surface area (Å²) in [6.45, 7) is -0.0972. The van der Waals surface area contributed by atoms with Crippen molar-refractivity contribution in [1.82, 2.24) is 9.88 Å². The van der Waals surface area contributed by atoms with E-state index in [1.807, 2.05) is 0 Å². The molecule has 0 saturated carbocycles. The van der Waals surface area contributed by atoms with Crippen LogP contribution in [-0.2, 0) is 0 Å². The van der Waals surface area contributed by atoms with Gasteiger partial charge in [0, 0.05) is 19.7 Å². The van der Waals surface area contributed by atoms with Crippen LogP contribution in [0.3, 0.4) is 0 Å².